The summed E-state index contributed by atoms with van der Waals surface area (Å²) in [5, 5.41) is 8.64. The zero-order valence-corrected chi connectivity index (χ0v) is 7.65. The predicted molar refractivity (Wildman–Crippen MR) is 47.3 cm³/mol. The maximum Gasteiger partial charge on any atom is 0.0558 e. The molecule has 0 rings (SSSR count). The highest BCUT2D eigenvalue weighted by Crippen LogP contribution is 1.98. The van der Waals surface area contributed by atoms with Gasteiger partial charge >= 0.3 is 0 Å². The van der Waals surface area contributed by atoms with E-state index in [2.05, 4.69) is 18.1 Å². The highest BCUT2D eigenvalue weighted by atomic mass is 32.2. The van der Waals surface area contributed by atoms with Gasteiger partial charge in [-0.3, -0.25) is 4.90 Å². The molecule has 10 heavy (non-hydrogen) atoms. The number of nitrogens with zero attached hydrogens (tertiary/aromatic N) is 1. The van der Waals surface area contributed by atoms with Gasteiger partial charge in [0.1, 0.15) is 0 Å². The van der Waals surface area contributed by atoms with Gasteiger partial charge in [-0.2, -0.15) is 0 Å². The van der Waals surface area contributed by atoms with Crippen molar-refractivity contribution in [3.63, 3.8) is 0 Å². The molecule has 0 aromatic rings. The van der Waals surface area contributed by atoms with Crippen molar-refractivity contribution < 1.29 is 5.11 Å². The molecule has 0 heterocycles. The van der Waals surface area contributed by atoms with Crippen LogP contribution in [0.3, 0.4) is 0 Å². The van der Waals surface area contributed by atoms with Gasteiger partial charge in [0.2, 0.25) is 0 Å². The minimum atomic E-state index is 0.278. The van der Waals surface area contributed by atoms with E-state index in [1.54, 1.807) is 11.8 Å². The molecule has 1 N–H and O–H groups in total. The third kappa shape index (κ3) is 5.09. The van der Waals surface area contributed by atoms with Crippen molar-refractivity contribution in [3.05, 3.63) is 0 Å². The van der Waals surface area contributed by atoms with Crippen molar-refractivity contribution in [1.82, 2.24) is 4.90 Å². The Morgan fingerprint density at radius 3 is 2.50 bits per heavy atom. The quantitative estimate of drug-likeness (QED) is 0.591. The first-order chi connectivity index (χ1) is 4.85. The molecule has 0 aromatic heterocycles. The number of thioether (sulfide) groups is 1. The summed E-state index contributed by atoms with van der Waals surface area (Å²) < 4.78 is 0. The summed E-state index contributed by atoms with van der Waals surface area (Å²) in [6, 6.07) is 0. The van der Waals surface area contributed by atoms with E-state index in [4.69, 9.17) is 5.11 Å². The first-order valence-electron chi connectivity index (χ1n) is 3.67. The van der Waals surface area contributed by atoms with Crippen LogP contribution in [0.2, 0.25) is 0 Å². The van der Waals surface area contributed by atoms with Gasteiger partial charge in [-0.1, -0.05) is 6.92 Å². The lowest BCUT2D eigenvalue weighted by Crippen LogP contribution is -2.27. The van der Waals surface area contributed by atoms with Gasteiger partial charge in [0.05, 0.1) is 6.61 Å². The maximum absolute atomic E-state index is 8.64. The van der Waals surface area contributed by atoms with Crippen LogP contribution in [0, 0.1) is 0 Å². The molecule has 0 saturated heterocycles. The first kappa shape index (κ1) is 10.3. The minimum Gasteiger partial charge on any atom is -0.395 e. The van der Waals surface area contributed by atoms with Gasteiger partial charge in [0, 0.05) is 12.4 Å². The van der Waals surface area contributed by atoms with Crippen molar-refractivity contribution in [1.29, 1.82) is 0 Å². The molecule has 0 spiro atoms. The second-order valence-corrected chi connectivity index (χ2v) is 3.09. The molecule has 0 bridgehead atoms. The largest absolute Gasteiger partial charge is 0.395 e. The lowest BCUT2D eigenvalue weighted by molar-refractivity contribution is 0.216. The van der Waals surface area contributed by atoms with Crippen LogP contribution in [0.1, 0.15) is 13.3 Å². The molecular weight excluding hydrogens is 146 g/mol. The smallest absolute Gasteiger partial charge is 0.0558 e. The SMILES string of the molecule is CCCN(CCO)CSC. The number of rotatable bonds is 6. The molecule has 0 amide bonds. The van der Waals surface area contributed by atoms with Gasteiger partial charge in [-0.05, 0) is 19.2 Å². The third-order valence-electron chi connectivity index (χ3n) is 1.27. The fourth-order valence-electron chi connectivity index (χ4n) is 0.881. The summed E-state index contributed by atoms with van der Waals surface area (Å²) in [4.78, 5) is 2.25. The van der Waals surface area contributed by atoms with E-state index in [-0.39, 0.29) is 6.61 Å². The molecule has 62 valence electrons. The fraction of sp³-hybridized carbons (Fsp3) is 1.00. The van der Waals surface area contributed by atoms with Crippen molar-refractivity contribution in [2.24, 2.45) is 0 Å². The molecule has 0 unspecified atom stereocenters. The standard InChI is InChI=1S/C7H17NOS/c1-3-4-8(5-6-9)7-10-2/h9H,3-7H2,1-2H3. The van der Waals surface area contributed by atoms with Crippen LogP contribution in [0.25, 0.3) is 0 Å². The van der Waals surface area contributed by atoms with E-state index in [0.717, 1.165) is 19.0 Å². The second-order valence-electron chi connectivity index (χ2n) is 2.26. The lowest BCUT2D eigenvalue weighted by Gasteiger charge is -2.18. The van der Waals surface area contributed by atoms with Crippen molar-refractivity contribution in [3.8, 4) is 0 Å². The zero-order chi connectivity index (χ0) is 7.82. The molecule has 0 atom stereocenters. The summed E-state index contributed by atoms with van der Waals surface area (Å²) in [6.07, 6.45) is 3.25. The van der Waals surface area contributed by atoms with Crippen molar-refractivity contribution in [2.45, 2.75) is 13.3 Å². The van der Waals surface area contributed by atoms with Crippen molar-refractivity contribution >= 4 is 11.8 Å². The first-order valence-corrected chi connectivity index (χ1v) is 5.06. The van der Waals surface area contributed by atoms with E-state index in [9.17, 15) is 0 Å². The number of hydrogen-bond acceptors (Lipinski definition) is 3. The summed E-state index contributed by atoms with van der Waals surface area (Å²) in [5.74, 6) is 1.04. The number of aliphatic hydroxyl groups is 1. The summed E-state index contributed by atoms with van der Waals surface area (Å²) in [7, 11) is 0. The monoisotopic (exact) mass is 163 g/mol. The highest BCUT2D eigenvalue weighted by molar-refractivity contribution is 7.98. The molecule has 2 nitrogen and oxygen atoms in total. The molecule has 0 aliphatic heterocycles. The molecule has 0 aliphatic rings. The zero-order valence-electron chi connectivity index (χ0n) is 6.84. The van der Waals surface area contributed by atoms with E-state index in [0.29, 0.717) is 0 Å². The van der Waals surface area contributed by atoms with Crippen LogP contribution in [0.15, 0.2) is 0 Å². The molecule has 0 aromatic carbocycles. The van der Waals surface area contributed by atoms with Gasteiger partial charge in [-0.25, -0.2) is 0 Å². The van der Waals surface area contributed by atoms with E-state index in [1.807, 2.05) is 0 Å². The molecule has 3 heteroatoms. The predicted octanol–water partition coefficient (Wildman–Crippen LogP) is 1.01. The van der Waals surface area contributed by atoms with Crippen LogP contribution in [0.5, 0.6) is 0 Å². The van der Waals surface area contributed by atoms with Crippen LogP contribution < -0.4 is 0 Å². The summed E-state index contributed by atoms with van der Waals surface area (Å²) in [6.45, 7) is 4.35. The number of hydrogen-bond donors (Lipinski definition) is 1. The van der Waals surface area contributed by atoms with Crippen LogP contribution in [-0.2, 0) is 0 Å². The van der Waals surface area contributed by atoms with Gasteiger partial charge in [0.15, 0.2) is 0 Å². The molecule has 0 saturated carbocycles. The average molecular weight is 163 g/mol. The number of aliphatic hydroxyl groups excluding tert-OH is 1. The molecule has 0 radical (unpaired) electrons. The lowest BCUT2D eigenvalue weighted by atomic mass is 10.4. The molecule has 0 aliphatic carbocycles. The fourth-order valence-corrected chi connectivity index (χ4v) is 1.50. The normalized spacial score (nSPS) is 10.8. The molecular formula is C7H17NOS. The van der Waals surface area contributed by atoms with Gasteiger partial charge in [0.25, 0.3) is 0 Å². The Labute approximate surface area is 67.6 Å². The van der Waals surface area contributed by atoms with Gasteiger partial charge < -0.3 is 5.11 Å². The van der Waals surface area contributed by atoms with E-state index < -0.39 is 0 Å². The Hall–Kier alpha value is 0.270. The maximum atomic E-state index is 8.64. The van der Waals surface area contributed by atoms with Gasteiger partial charge in [-0.15, -0.1) is 11.8 Å². The minimum absolute atomic E-state index is 0.278. The van der Waals surface area contributed by atoms with Crippen LogP contribution >= 0.6 is 11.8 Å². The third-order valence-corrected chi connectivity index (χ3v) is 1.89. The summed E-state index contributed by atoms with van der Waals surface area (Å²) in [5.41, 5.74) is 0. The van der Waals surface area contributed by atoms with E-state index >= 15 is 0 Å². The second kappa shape index (κ2) is 7.38. The topological polar surface area (TPSA) is 23.5 Å². The summed E-state index contributed by atoms with van der Waals surface area (Å²) >= 11 is 1.80. The average Bonchev–Trinajstić information content (AvgIpc) is 1.90. The Balaban J connectivity index is 3.30. The highest BCUT2D eigenvalue weighted by Gasteiger charge is 1.99. The Morgan fingerprint density at radius 2 is 2.10 bits per heavy atom. The Morgan fingerprint density at radius 1 is 1.40 bits per heavy atom. The van der Waals surface area contributed by atoms with Crippen LogP contribution in [0.4, 0.5) is 0 Å². The Kier molecular flexibility index (Phi) is 7.58. The van der Waals surface area contributed by atoms with Crippen molar-refractivity contribution in [2.75, 3.05) is 31.8 Å². The van der Waals surface area contributed by atoms with E-state index in [1.165, 1.54) is 6.42 Å². The van der Waals surface area contributed by atoms with Crippen LogP contribution in [-0.4, -0.2) is 41.8 Å². The Bertz CT molecular complexity index is 56.4. The molecule has 0 fully saturated rings.